The second-order valence-corrected chi connectivity index (χ2v) is 2.89. The maximum absolute atomic E-state index is 12.5. The highest BCUT2D eigenvalue weighted by Gasteiger charge is 2.57. The van der Waals surface area contributed by atoms with Crippen LogP contribution in [0.4, 0.5) is 35.1 Å². The molecule has 0 saturated heterocycles. The first-order chi connectivity index (χ1) is 7.52. The molecule has 2 unspecified atom stereocenters. The zero-order chi connectivity index (χ0) is 13.9. The summed E-state index contributed by atoms with van der Waals surface area (Å²) >= 11 is 0. The first kappa shape index (κ1) is 15.9. The van der Waals surface area contributed by atoms with Crippen LogP contribution in [0.25, 0.3) is 0 Å². The highest BCUT2D eigenvalue weighted by atomic mass is 19.4. The molecule has 0 saturated carbocycles. The molecule has 0 aliphatic carbocycles. The Balaban J connectivity index is 4.42. The van der Waals surface area contributed by atoms with Crippen LogP contribution in [0.15, 0.2) is 0 Å². The van der Waals surface area contributed by atoms with Gasteiger partial charge in [0.15, 0.2) is 6.61 Å². The number of halogens is 8. The lowest BCUT2D eigenvalue weighted by molar-refractivity contribution is -0.254. The Bertz CT molecular complexity index is 263. The molecule has 102 valence electrons. The lowest BCUT2D eigenvalue weighted by Crippen LogP contribution is -2.45. The monoisotopic (exact) mass is 274 g/mol. The van der Waals surface area contributed by atoms with Gasteiger partial charge in [-0.25, -0.2) is 18.0 Å². The van der Waals surface area contributed by atoms with Crippen LogP contribution in [-0.4, -0.2) is 43.7 Å². The number of rotatable bonds is 5. The summed E-state index contributed by atoms with van der Waals surface area (Å²) in [5, 5.41) is 0. The molecule has 0 aromatic rings. The molecule has 0 aromatic heterocycles. The maximum Gasteiger partial charge on any atom is 0.425 e. The Labute approximate surface area is 89.5 Å². The molecule has 0 N–H and O–H groups in total. The molecule has 10 heteroatoms. The van der Waals surface area contributed by atoms with Crippen LogP contribution in [-0.2, 0) is 9.53 Å². The Hall–Kier alpha value is -1.09. The maximum atomic E-state index is 12.5. The number of hydrogen-bond acceptors (Lipinski definition) is 2. The molecule has 0 bridgehead atoms. The van der Waals surface area contributed by atoms with Gasteiger partial charge in [0.05, 0.1) is 0 Å². The predicted molar refractivity (Wildman–Crippen MR) is 37.7 cm³/mol. The number of carbonyl (C=O) groups excluding carboxylic acids is 1. The van der Waals surface area contributed by atoms with Crippen LogP contribution in [0.5, 0.6) is 0 Å². The number of hydrogen-bond donors (Lipinski definition) is 0. The van der Waals surface area contributed by atoms with E-state index in [-0.39, 0.29) is 0 Å². The van der Waals surface area contributed by atoms with E-state index in [1.807, 2.05) is 0 Å². The fourth-order valence-electron chi connectivity index (χ4n) is 0.633. The van der Waals surface area contributed by atoms with E-state index in [1.54, 1.807) is 0 Å². The summed E-state index contributed by atoms with van der Waals surface area (Å²) in [4.78, 5) is 10.3. The Kier molecular flexibility index (Phi) is 5.14. The van der Waals surface area contributed by atoms with Crippen LogP contribution in [0.2, 0.25) is 0 Å². The Morgan fingerprint density at radius 1 is 1.12 bits per heavy atom. The standard InChI is InChI=1S/C7H6F8O2/c8-1-3(9)4(16)17-2-6(11,12)5(10)7(13,14)15/h3,5H,1-2H2. The van der Waals surface area contributed by atoms with Gasteiger partial charge in [0.25, 0.3) is 6.17 Å². The second-order valence-electron chi connectivity index (χ2n) is 2.89. The van der Waals surface area contributed by atoms with Crippen molar-refractivity contribution in [3.63, 3.8) is 0 Å². The highest BCUT2D eigenvalue weighted by Crippen LogP contribution is 2.35. The molecule has 0 amide bonds. The van der Waals surface area contributed by atoms with Gasteiger partial charge in [-0.1, -0.05) is 0 Å². The fraction of sp³-hybridized carbons (Fsp3) is 0.857. The molecule has 0 fully saturated rings. The number of ether oxygens (including phenoxy) is 1. The zero-order valence-corrected chi connectivity index (χ0v) is 7.91. The van der Waals surface area contributed by atoms with Crippen molar-refractivity contribution in [3.05, 3.63) is 0 Å². The zero-order valence-electron chi connectivity index (χ0n) is 7.91. The van der Waals surface area contributed by atoms with E-state index in [4.69, 9.17) is 0 Å². The van der Waals surface area contributed by atoms with Gasteiger partial charge in [-0.3, -0.25) is 0 Å². The van der Waals surface area contributed by atoms with Gasteiger partial charge in [0.1, 0.15) is 6.67 Å². The van der Waals surface area contributed by atoms with Gasteiger partial charge in [-0.05, 0) is 0 Å². The van der Waals surface area contributed by atoms with E-state index >= 15 is 0 Å². The van der Waals surface area contributed by atoms with E-state index in [9.17, 15) is 39.9 Å². The van der Waals surface area contributed by atoms with Crippen molar-refractivity contribution in [2.75, 3.05) is 13.3 Å². The summed E-state index contributed by atoms with van der Waals surface area (Å²) in [6.45, 7) is -4.21. The summed E-state index contributed by atoms with van der Waals surface area (Å²) in [6, 6.07) is 0. The number of carbonyl (C=O) groups is 1. The summed E-state index contributed by atoms with van der Waals surface area (Å²) in [7, 11) is 0. The first-order valence-electron chi connectivity index (χ1n) is 3.97. The predicted octanol–water partition coefficient (Wildman–Crippen LogP) is 2.37. The van der Waals surface area contributed by atoms with Crippen molar-refractivity contribution in [1.82, 2.24) is 0 Å². The molecule has 2 nitrogen and oxygen atoms in total. The second kappa shape index (κ2) is 5.50. The van der Waals surface area contributed by atoms with Gasteiger partial charge < -0.3 is 4.74 Å². The van der Waals surface area contributed by atoms with Crippen molar-refractivity contribution in [3.8, 4) is 0 Å². The van der Waals surface area contributed by atoms with E-state index in [2.05, 4.69) is 4.74 Å². The largest absolute Gasteiger partial charge is 0.457 e. The quantitative estimate of drug-likeness (QED) is 0.568. The van der Waals surface area contributed by atoms with Crippen molar-refractivity contribution in [2.45, 2.75) is 24.4 Å². The third-order valence-electron chi connectivity index (χ3n) is 1.46. The van der Waals surface area contributed by atoms with E-state index < -0.39 is 43.7 Å². The molecule has 2 atom stereocenters. The minimum Gasteiger partial charge on any atom is -0.457 e. The van der Waals surface area contributed by atoms with Crippen LogP contribution < -0.4 is 0 Å². The molecule has 0 aliphatic heterocycles. The summed E-state index contributed by atoms with van der Waals surface area (Å²) < 4.78 is 98.7. The van der Waals surface area contributed by atoms with Crippen LogP contribution in [0.3, 0.4) is 0 Å². The number of alkyl halides is 8. The summed E-state index contributed by atoms with van der Waals surface area (Å²) in [5.74, 6) is -7.19. The third-order valence-corrected chi connectivity index (χ3v) is 1.46. The highest BCUT2D eigenvalue weighted by molar-refractivity contribution is 5.74. The molecule has 0 rings (SSSR count). The van der Waals surface area contributed by atoms with Gasteiger partial charge in [0, 0.05) is 0 Å². The van der Waals surface area contributed by atoms with Crippen LogP contribution in [0, 0.1) is 0 Å². The molecule has 0 aliphatic rings. The average molecular weight is 274 g/mol. The SMILES string of the molecule is O=C(OCC(F)(F)C(F)C(F)(F)F)C(F)CF. The summed E-state index contributed by atoms with van der Waals surface area (Å²) in [5.41, 5.74) is 0. The average Bonchev–Trinajstić information content (AvgIpc) is 2.22. The van der Waals surface area contributed by atoms with Crippen molar-refractivity contribution >= 4 is 5.97 Å². The lowest BCUT2D eigenvalue weighted by Gasteiger charge is -2.22. The summed E-state index contributed by atoms with van der Waals surface area (Å²) in [6.07, 6.45) is -13.3. The Morgan fingerprint density at radius 2 is 1.59 bits per heavy atom. The van der Waals surface area contributed by atoms with Crippen molar-refractivity contribution in [1.29, 1.82) is 0 Å². The van der Waals surface area contributed by atoms with Crippen molar-refractivity contribution < 1.29 is 44.7 Å². The fourth-order valence-corrected chi connectivity index (χ4v) is 0.633. The molecule has 0 aromatic carbocycles. The van der Waals surface area contributed by atoms with Crippen LogP contribution >= 0.6 is 0 Å². The molecule has 0 radical (unpaired) electrons. The van der Waals surface area contributed by atoms with E-state index in [0.29, 0.717) is 0 Å². The van der Waals surface area contributed by atoms with Crippen LogP contribution in [0.1, 0.15) is 0 Å². The normalized spacial score (nSPS) is 16.5. The minimum atomic E-state index is -5.86. The van der Waals surface area contributed by atoms with E-state index in [1.165, 1.54) is 0 Å². The lowest BCUT2D eigenvalue weighted by atomic mass is 10.2. The van der Waals surface area contributed by atoms with Gasteiger partial charge in [-0.15, -0.1) is 0 Å². The Morgan fingerprint density at radius 3 is 1.94 bits per heavy atom. The molecule has 17 heavy (non-hydrogen) atoms. The molecular formula is C7H6F8O2. The molecule has 0 spiro atoms. The van der Waals surface area contributed by atoms with Gasteiger partial charge in [-0.2, -0.15) is 22.0 Å². The van der Waals surface area contributed by atoms with Crippen molar-refractivity contribution in [2.24, 2.45) is 0 Å². The molecule has 0 heterocycles. The third kappa shape index (κ3) is 4.73. The first-order valence-corrected chi connectivity index (χ1v) is 3.97. The molecular weight excluding hydrogens is 268 g/mol. The van der Waals surface area contributed by atoms with Gasteiger partial charge in [0.2, 0.25) is 6.17 Å². The number of esters is 1. The smallest absolute Gasteiger partial charge is 0.425 e. The topological polar surface area (TPSA) is 26.3 Å². The van der Waals surface area contributed by atoms with Gasteiger partial charge >= 0.3 is 18.1 Å². The minimum absolute atomic E-state index is 1.89. The van der Waals surface area contributed by atoms with E-state index in [0.717, 1.165) is 0 Å².